The van der Waals surface area contributed by atoms with E-state index in [2.05, 4.69) is 24.4 Å². The SMILES string of the molecule is CCOC(=O)[C@@H]1[C@H]2NC(=S)N(c3ccc(CC)cc3)[C@@]1(C)Oc1ccc(Cl)cc12. The maximum Gasteiger partial charge on any atom is 0.317 e. The van der Waals surface area contributed by atoms with E-state index in [-0.39, 0.29) is 18.6 Å². The number of aryl methyl sites for hydroxylation is 1. The molecule has 1 N–H and O–H groups in total. The lowest BCUT2D eigenvalue weighted by Gasteiger charge is -2.55. The van der Waals surface area contributed by atoms with Crippen molar-refractivity contribution in [3.05, 3.63) is 58.6 Å². The summed E-state index contributed by atoms with van der Waals surface area (Å²) < 4.78 is 11.9. The predicted octanol–water partition coefficient (Wildman–Crippen LogP) is 4.63. The Labute approximate surface area is 180 Å². The quantitative estimate of drug-likeness (QED) is 0.564. The number of carbonyl (C=O) groups excluding carboxylic acids is 1. The number of benzene rings is 2. The van der Waals surface area contributed by atoms with Crippen LogP contribution in [-0.4, -0.2) is 23.4 Å². The van der Waals surface area contributed by atoms with Crippen LogP contribution in [0.3, 0.4) is 0 Å². The number of nitrogens with zero attached hydrogens (tertiary/aromatic N) is 1. The molecule has 0 unspecified atom stereocenters. The molecule has 1 fully saturated rings. The van der Waals surface area contributed by atoms with Crippen molar-refractivity contribution >= 4 is 40.6 Å². The van der Waals surface area contributed by atoms with Gasteiger partial charge in [-0.25, -0.2) is 0 Å². The highest BCUT2D eigenvalue weighted by molar-refractivity contribution is 7.80. The van der Waals surface area contributed by atoms with Crippen LogP contribution in [0.4, 0.5) is 5.69 Å². The number of ether oxygens (including phenoxy) is 2. The fraction of sp³-hybridized carbons (Fsp3) is 0.364. The molecule has 0 radical (unpaired) electrons. The van der Waals surface area contributed by atoms with Gasteiger partial charge < -0.3 is 14.8 Å². The normalized spacial score (nSPS) is 25.0. The standard InChI is InChI=1S/C22H23ClN2O3S/c1-4-13-6-9-15(10-7-13)25-21(29)24-19-16-12-14(23)8-11-17(16)28-22(25,3)18(19)20(26)27-5-2/h6-12,18-19H,4-5H2,1-3H3,(H,24,29)/t18-,19-,22-/m0/s1. The molecule has 152 valence electrons. The minimum absolute atomic E-state index is 0.288. The number of hydrogen-bond donors (Lipinski definition) is 1. The molecule has 7 heteroatoms. The average molecular weight is 431 g/mol. The van der Waals surface area contributed by atoms with Crippen LogP contribution in [0.25, 0.3) is 0 Å². The Balaban J connectivity index is 1.86. The lowest BCUT2D eigenvalue weighted by molar-refractivity contribution is -0.159. The van der Waals surface area contributed by atoms with Crippen LogP contribution in [0.15, 0.2) is 42.5 Å². The van der Waals surface area contributed by atoms with Crippen molar-refractivity contribution in [2.24, 2.45) is 5.92 Å². The van der Waals surface area contributed by atoms with Gasteiger partial charge in [0.05, 0.1) is 12.6 Å². The molecule has 5 nitrogen and oxygen atoms in total. The lowest BCUT2D eigenvalue weighted by atomic mass is 9.79. The molecule has 2 bridgehead atoms. The van der Waals surface area contributed by atoms with Gasteiger partial charge in [-0.3, -0.25) is 9.69 Å². The zero-order valence-corrected chi connectivity index (χ0v) is 18.1. The number of thiocarbonyl (C=S) groups is 1. The van der Waals surface area contributed by atoms with Crippen molar-refractivity contribution < 1.29 is 14.3 Å². The second-order valence-corrected chi connectivity index (χ2v) is 8.17. The summed E-state index contributed by atoms with van der Waals surface area (Å²) in [6.07, 6.45) is 0.943. The number of rotatable bonds is 4. The largest absolute Gasteiger partial charge is 0.466 e. The molecule has 4 rings (SSSR count). The van der Waals surface area contributed by atoms with Gasteiger partial charge in [0.2, 0.25) is 5.72 Å². The Morgan fingerprint density at radius 1 is 1.28 bits per heavy atom. The number of hydrogen-bond acceptors (Lipinski definition) is 4. The van der Waals surface area contributed by atoms with Crippen LogP contribution in [0.2, 0.25) is 5.02 Å². The topological polar surface area (TPSA) is 50.8 Å². The average Bonchev–Trinajstić information content (AvgIpc) is 2.68. The van der Waals surface area contributed by atoms with Gasteiger partial charge in [-0.05, 0) is 68.4 Å². The Bertz CT molecular complexity index is 965. The zero-order valence-electron chi connectivity index (χ0n) is 16.6. The molecule has 2 aliphatic rings. The maximum atomic E-state index is 13.1. The van der Waals surface area contributed by atoms with E-state index in [9.17, 15) is 4.79 Å². The van der Waals surface area contributed by atoms with Gasteiger partial charge in [-0.1, -0.05) is 30.7 Å². The summed E-state index contributed by atoms with van der Waals surface area (Å²) in [4.78, 5) is 14.9. The molecule has 1 saturated heterocycles. The van der Waals surface area contributed by atoms with Gasteiger partial charge in [0.25, 0.3) is 0 Å². The van der Waals surface area contributed by atoms with Crippen LogP contribution in [0, 0.1) is 5.92 Å². The Kier molecular flexibility index (Phi) is 5.17. The van der Waals surface area contributed by atoms with Gasteiger partial charge in [-0.2, -0.15) is 0 Å². The van der Waals surface area contributed by atoms with Gasteiger partial charge in [-0.15, -0.1) is 0 Å². The molecule has 2 aromatic rings. The Hall–Kier alpha value is -2.31. The highest BCUT2D eigenvalue weighted by Gasteiger charge is 2.59. The zero-order chi connectivity index (χ0) is 20.8. The van der Waals surface area contributed by atoms with Crippen LogP contribution in [-0.2, 0) is 16.0 Å². The predicted molar refractivity (Wildman–Crippen MR) is 117 cm³/mol. The van der Waals surface area contributed by atoms with Crippen molar-refractivity contribution in [3.8, 4) is 5.75 Å². The summed E-state index contributed by atoms with van der Waals surface area (Å²) in [7, 11) is 0. The minimum Gasteiger partial charge on any atom is -0.466 e. The first-order valence-corrected chi connectivity index (χ1v) is 10.5. The van der Waals surface area contributed by atoms with E-state index in [1.807, 2.05) is 36.1 Å². The highest BCUT2D eigenvalue weighted by atomic mass is 35.5. The van der Waals surface area contributed by atoms with Gasteiger partial charge in [0.15, 0.2) is 5.11 Å². The lowest BCUT2D eigenvalue weighted by Crippen LogP contribution is -2.71. The molecule has 0 spiro atoms. The number of esters is 1. The van der Waals surface area contributed by atoms with Crippen molar-refractivity contribution in [1.82, 2.24) is 5.32 Å². The van der Waals surface area contributed by atoms with Gasteiger partial charge in [0, 0.05) is 16.3 Å². The van der Waals surface area contributed by atoms with Crippen molar-refractivity contribution in [2.45, 2.75) is 39.0 Å². The van der Waals surface area contributed by atoms with E-state index in [1.165, 1.54) is 5.56 Å². The molecule has 0 aromatic heterocycles. The third-order valence-corrected chi connectivity index (χ3v) is 6.14. The van der Waals surface area contributed by atoms with Crippen LogP contribution >= 0.6 is 23.8 Å². The monoisotopic (exact) mass is 430 g/mol. The summed E-state index contributed by atoms with van der Waals surface area (Å²) in [6, 6.07) is 13.2. The molecule has 2 heterocycles. The molecule has 0 saturated carbocycles. The third kappa shape index (κ3) is 3.24. The summed E-state index contributed by atoms with van der Waals surface area (Å²) in [5.41, 5.74) is 1.83. The van der Waals surface area contributed by atoms with E-state index >= 15 is 0 Å². The number of nitrogens with one attached hydrogen (secondary N) is 1. The molecule has 3 atom stereocenters. The first-order chi connectivity index (χ1) is 13.9. The highest BCUT2D eigenvalue weighted by Crippen LogP contribution is 2.50. The number of carbonyl (C=O) groups is 1. The minimum atomic E-state index is -1.05. The van der Waals surface area contributed by atoms with E-state index in [0.29, 0.717) is 15.9 Å². The number of fused-ring (bicyclic) bond motifs is 4. The summed E-state index contributed by atoms with van der Waals surface area (Å²) in [5.74, 6) is -0.297. The van der Waals surface area contributed by atoms with E-state index < -0.39 is 11.6 Å². The first kappa shape index (κ1) is 20.0. The Morgan fingerprint density at radius 3 is 2.66 bits per heavy atom. The third-order valence-electron chi connectivity index (χ3n) is 5.60. The summed E-state index contributed by atoms with van der Waals surface area (Å²) in [6.45, 7) is 6.08. The van der Waals surface area contributed by atoms with Crippen molar-refractivity contribution in [3.63, 3.8) is 0 Å². The van der Waals surface area contributed by atoms with E-state index in [1.54, 1.807) is 13.0 Å². The van der Waals surface area contributed by atoms with E-state index in [4.69, 9.17) is 33.3 Å². The van der Waals surface area contributed by atoms with Gasteiger partial charge >= 0.3 is 5.97 Å². The van der Waals surface area contributed by atoms with Crippen LogP contribution < -0.4 is 15.0 Å². The molecule has 2 aromatic carbocycles. The Morgan fingerprint density at radius 2 is 2.00 bits per heavy atom. The second kappa shape index (κ2) is 7.50. The maximum absolute atomic E-state index is 13.1. The van der Waals surface area contributed by atoms with E-state index in [0.717, 1.165) is 17.7 Å². The van der Waals surface area contributed by atoms with Crippen LogP contribution in [0.5, 0.6) is 5.75 Å². The summed E-state index contributed by atoms with van der Waals surface area (Å²) in [5, 5.41) is 4.41. The molecular weight excluding hydrogens is 408 g/mol. The second-order valence-electron chi connectivity index (χ2n) is 7.35. The van der Waals surface area contributed by atoms with Crippen LogP contribution in [0.1, 0.15) is 37.9 Å². The molecule has 29 heavy (non-hydrogen) atoms. The van der Waals surface area contributed by atoms with Gasteiger partial charge in [0.1, 0.15) is 11.7 Å². The van der Waals surface area contributed by atoms with Crippen molar-refractivity contribution in [1.29, 1.82) is 0 Å². The fourth-order valence-electron chi connectivity index (χ4n) is 4.22. The molecule has 2 aliphatic heterocycles. The summed E-state index contributed by atoms with van der Waals surface area (Å²) >= 11 is 11.9. The van der Waals surface area contributed by atoms with Crippen molar-refractivity contribution in [2.75, 3.05) is 11.5 Å². The number of halogens is 1. The number of anilines is 1. The molecular formula is C22H23ClN2O3S. The fourth-order valence-corrected chi connectivity index (χ4v) is 4.81. The smallest absolute Gasteiger partial charge is 0.317 e. The first-order valence-electron chi connectivity index (χ1n) is 9.73. The molecule has 0 aliphatic carbocycles. The molecule has 0 amide bonds.